The second-order valence-electron chi connectivity index (χ2n) is 8.59. The van der Waals surface area contributed by atoms with Gasteiger partial charge in [-0.25, -0.2) is 4.79 Å². The summed E-state index contributed by atoms with van der Waals surface area (Å²) in [7, 11) is 0. The number of nitrogens with zero attached hydrogens (tertiary/aromatic N) is 2. The maximum absolute atomic E-state index is 12.9. The summed E-state index contributed by atoms with van der Waals surface area (Å²) in [6.07, 6.45) is -0.226. The first-order valence-corrected chi connectivity index (χ1v) is 10.2. The number of nitro benzene ring substituents is 1. The van der Waals surface area contributed by atoms with E-state index < -0.39 is 28.6 Å². The van der Waals surface area contributed by atoms with Crippen LogP contribution in [0.25, 0.3) is 0 Å². The van der Waals surface area contributed by atoms with Gasteiger partial charge >= 0.3 is 6.09 Å². The second-order valence-corrected chi connectivity index (χ2v) is 8.59. The van der Waals surface area contributed by atoms with Crippen LogP contribution in [0.3, 0.4) is 0 Å². The monoisotopic (exact) mass is 425 g/mol. The number of hydrogen-bond donors (Lipinski definition) is 1. The summed E-state index contributed by atoms with van der Waals surface area (Å²) in [6.45, 7) is 5.91. The van der Waals surface area contributed by atoms with Gasteiger partial charge in [0.25, 0.3) is 5.69 Å². The van der Waals surface area contributed by atoms with Gasteiger partial charge in [-0.3, -0.25) is 14.9 Å². The summed E-state index contributed by atoms with van der Waals surface area (Å²) in [4.78, 5) is 37.6. The lowest BCUT2D eigenvalue weighted by Gasteiger charge is -2.37. The number of para-hydroxylation sites is 1. The Balaban J connectivity index is 1.90. The molecule has 1 fully saturated rings. The fraction of sp³-hybridized carbons (Fsp3) is 0.391. The number of carbonyl (C=O) groups excluding carboxylic acids is 2. The number of amides is 1. The molecule has 8 heteroatoms. The first kappa shape index (κ1) is 22.3. The molecular formula is C23H27N3O5. The van der Waals surface area contributed by atoms with E-state index in [1.807, 2.05) is 30.3 Å². The van der Waals surface area contributed by atoms with Crippen LogP contribution in [0.1, 0.15) is 38.8 Å². The Hall–Kier alpha value is -3.42. The van der Waals surface area contributed by atoms with Gasteiger partial charge in [0.05, 0.1) is 16.9 Å². The van der Waals surface area contributed by atoms with E-state index in [2.05, 4.69) is 5.32 Å². The molecule has 3 rings (SSSR count). The number of hydrogen-bond acceptors (Lipinski definition) is 6. The maximum atomic E-state index is 12.9. The minimum atomic E-state index is -0.631. The largest absolute Gasteiger partial charge is 0.444 e. The summed E-state index contributed by atoms with van der Waals surface area (Å²) in [5, 5.41) is 14.4. The van der Waals surface area contributed by atoms with Gasteiger partial charge in [-0.05, 0) is 38.5 Å². The molecule has 31 heavy (non-hydrogen) atoms. The molecule has 0 aliphatic carbocycles. The van der Waals surface area contributed by atoms with Crippen molar-refractivity contribution in [2.45, 2.75) is 38.8 Å². The van der Waals surface area contributed by atoms with Gasteiger partial charge in [0.15, 0.2) is 0 Å². The maximum Gasteiger partial charge on any atom is 0.410 e. The summed E-state index contributed by atoms with van der Waals surface area (Å²) in [5.74, 6) is -0.491. The zero-order valence-electron chi connectivity index (χ0n) is 17.9. The van der Waals surface area contributed by atoms with Crippen molar-refractivity contribution in [1.29, 1.82) is 0 Å². The van der Waals surface area contributed by atoms with Crippen LogP contribution in [-0.4, -0.2) is 40.4 Å². The average molecular weight is 425 g/mol. The summed E-state index contributed by atoms with van der Waals surface area (Å²) in [5.41, 5.74) is 0.896. The van der Waals surface area contributed by atoms with Crippen molar-refractivity contribution in [1.82, 2.24) is 4.90 Å². The number of benzene rings is 2. The number of anilines is 1. The zero-order valence-corrected chi connectivity index (χ0v) is 17.9. The molecule has 1 amide bonds. The van der Waals surface area contributed by atoms with Crippen molar-refractivity contribution in [3.8, 4) is 0 Å². The molecular weight excluding hydrogens is 398 g/mol. The van der Waals surface area contributed by atoms with Crippen molar-refractivity contribution >= 4 is 23.3 Å². The Labute approximate surface area is 181 Å². The normalized spacial score (nSPS) is 17.7. The third kappa shape index (κ3) is 5.81. The SMILES string of the molecule is CC(C)(C)OC(=O)N1CCC(=O)[C@@H]([C@H](Nc2ccccc2)c2ccc([N+](=O)[O-])cc2)C1. The quantitative estimate of drug-likeness (QED) is 0.556. The molecule has 0 bridgehead atoms. The highest BCUT2D eigenvalue weighted by Crippen LogP contribution is 2.32. The first-order chi connectivity index (χ1) is 14.6. The number of carbonyl (C=O) groups is 2. The molecule has 1 saturated heterocycles. The van der Waals surface area contributed by atoms with Gasteiger partial charge < -0.3 is 15.0 Å². The average Bonchev–Trinajstić information content (AvgIpc) is 2.72. The van der Waals surface area contributed by atoms with E-state index in [0.29, 0.717) is 6.54 Å². The number of nitrogens with one attached hydrogen (secondary N) is 1. The number of ketones is 1. The van der Waals surface area contributed by atoms with Gasteiger partial charge in [-0.15, -0.1) is 0 Å². The van der Waals surface area contributed by atoms with Crippen LogP contribution in [0.15, 0.2) is 54.6 Å². The summed E-state index contributed by atoms with van der Waals surface area (Å²) in [6, 6.07) is 15.1. The lowest BCUT2D eigenvalue weighted by Crippen LogP contribution is -2.48. The van der Waals surface area contributed by atoms with E-state index >= 15 is 0 Å². The molecule has 2 aromatic carbocycles. The van der Waals surface area contributed by atoms with Crippen molar-refractivity contribution in [3.05, 3.63) is 70.3 Å². The fourth-order valence-corrected chi connectivity index (χ4v) is 3.58. The standard InChI is InChI=1S/C23H27N3O5/c1-23(2,3)31-22(28)25-14-13-20(27)19(15-25)21(24-17-7-5-4-6-8-17)16-9-11-18(12-10-16)26(29)30/h4-12,19,21,24H,13-15H2,1-3H3/t19-,21+/m0/s1. The molecule has 0 saturated carbocycles. The summed E-state index contributed by atoms with van der Waals surface area (Å²) < 4.78 is 5.49. The Morgan fingerprint density at radius 2 is 1.81 bits per heavy atom. The van der Waals surface area contributed by atoms with E-state index in [4.69, 9.17) is 4.74 Å². The van der Waals surface area contributed by atoms with Crippen LogP contribution in [0, 0.1) is 16.0 Å². The minimum Gasteiger partial charge on any atom is -0.444 e. The molecule has 0 unspecified atom stereocenters. The molecule has 1 aliphatic rings. The molecule has 2 aromatic rings. The van der Waals surface area contributed by atoms with Crippen LogP contribution < -0.4 is 5.32 Å². The molecule has 1 N–H and O–H groups in total. The van der Waals surface area contributed by atoms with Crippen LogP contribution in [0.2, 0.25) is 0 Å². The molecule has 1 aliphatic heterocycles. The second kappa shape index (κ2) is 9.16. The number of likely N-dealkylation sites (tertiary alicyclic amines) is 1. The molecule has 8 nitrogen and oxygen atoms in total. The number of piperidine rings is 1. The molecule has 0 spiro atoms. The van der Waals surface area contributed by atoms with Gasteiger partial charge in [-0.1, -0.05) is 30.3 Å². The lowest BCUT2D eigenvalue weighted by atomic mass is 9.85. The van der Waals surface area contributed by atoms with E-state index in [0.717, 1.165) is 11.3 Å². The topological polar surface area (TPSA) is 102 Å². The Kier molecular flexibility index (Phi) is 6.58. The van der Waals surface area contributed by atoms with Crippen molar-refractivity contribution in [2.24, 2.45) is 5.92 Å². The van der Waals surface area contributed by atoms with E-state index in [9.17, 15) is 19.7 Å². The highest BCUT2D eigenvalue weighted by molar-refractivity contribution is 5.85. The van der Waals surface area contributed by atoms with E-state index in [1.54, 1.807) is 37.8 Å². The number of non-ortho nitro benzene ring substituents is 1. The Morgan fingerprint density at radius 1 is 1.16 bits per heavy atom. The van der Waals surface area contributed by atoms with Crippen LogP contribution >= 0.6 is 0 Å². The molecule has 0 aromatic heterocycles. The predicted octanol–water partition coefficient (Wildman–Crippen LogP) is 4.57. The Morgan fingerprint density at radius 3 is 2.39 bits per heavy atom. The lowest BCUT2D eigenvalue weighted by molar-refractivity contribution is -0.384. The molecule has 0 radical (unpaired) electrons. The number of nitro groups is 1. The summed E-state index contributed by atoms with van der Waals surface area (Å²) >= 11 is 0. The molecule has 1 heterocycles. The van der Waals surface area contributed by atoms with Crippen molar-refractivity contribution in [2.75, 3.05) is 18.4 Å². The smallest absolute Gasteiger partial charge is 0.410 e. The van der Waals surface area contributed by atoms with Gasteiger partial charge in [0.2, 0.25) is 0 Å². The van der Waals surface area contributed by atoms with Gasteiger partial charge in [0.1, 0.15) is 11.4 Å². The van der Waals surface area contributed by atoms with Crippen LogP contribution in [-0.2, 0) is 9.53 Å². The van der Waals surface area contributed by atoms with E-state index in [1.165, 1.54) is 12.1 Å². The van der Waals surface area contributed by atoms with Crippen LogP contribution in [0.5, 0.6) is 0 Å². The van der Waals surface area contributed by atoms with Crippen molar-refractivity contribution in [3.63, 3.8) is 0 Å². The number of Topliss-reactive ketones (excluding diaryl/α,β-unsaturated/α-hetero) is 1. The predicted molar refractivity (Wildman–Crippen MR) is 117 cm³/mol. The first-order valence-electron chi connectivity index (χ1n) is 10.2. The third-order valence-corrected chi connectivity index (χ3v) is 5.07. The molecule has 2 atom stereocenters. The van der Waals surface area contributed by atoms with Crippen molar-refractivity contribution < 1.29 is 19.2 Å². The number of ether oxygens (including phenoxy) is 1. The molecule has 164 valence electrons. The fourth-order valence-electron chi connectivity index (χ4n) is 3.58. The van der Waals surface area contributed by atoms with Gasteiger partial charge in [0, 0.05) is 37.3 Å². The van der Waals surface area contributed by atoms with Crippen LogP contribution in [0.4, 0.5) is 16.2 Å². The number of rotatable bonds is 5. The van der Waals surface area contributed by atoms with E-state index in [-0.39, 0.29) is 24.4 Å². The Bertz CT molecular complexity index is 938. The third-order valence-electron chi connectivity index (χ3n) is 5.07. The highest BCUT2D eigenvalue weighted by atomic mass is 16.6. The highest BCUT2D eigenvalue weighted by Gasteiger charge is 2.37. The van der Waals surface area contributed by atoms with Gasteiger partial charge in [-0.2, -0.15) is 0 Å². The zero-order chi connectivity index (χ0) is 22.6. The minimum absolute atomic E-state index is 0.0208.